The van der Waals surface area contributed by atoms with E-state index < -0.39 is 5.97 Å². The first-order valence-corrected chi connectivity index (χ1v) is 7.45. The third-order valence-electron chi connectivity index (χ3n) is 3.98. The van der Waals surface area contributed by atoms with Crippen LogP contribution in [0.2, 0.25) is 0 Å². The van der Waals surface area contributed by atoms with Gasteiger partial charge in [-0.25, -0.2) is 0 Å². The molecule has 0 radical (unpaired) electrons. The third-order valence-corrected chi connectivity index (χ3v) is 3.98. The highest BCUT2D eigenvalue weighted by atomic mass is 16.4. The van der Waals surface area contributed by atoms with Crippen molar-refractivity contribution < 1.29 is 14.7 Å². The average molecular weight is 290 g/mol. The van der Waals surface area contributed by atoms with Crippen LogP contribution in [0.3, 0.4) is 0 Å². The zero-order chi connectivity index (χ0) is 15.1. The summed E-state index contributed by atoms with van der Waals surface area (Å²) in [6.07, 6.45) is 3.73. The fraction of sp³-hybridized carbons (Fsp3) is 0.500. The number of carbonyl (C=O) groups excluding carboxylic acids is 1. The molecule has 1 amide bonds. The van der Waals surface area contributed by atoms with E-state index in [1.807, 2.05) is 30.3 Å². The topological polar surface area (TPSA) is 78.4 Å². The highest BCUT2D eigenvalue weighted by Gasteiger charge is 2.30. The molecule has 1 saturated carbocycles. The van der Waals surface area contributed by atoms with Crippen LogP contribution in [-0.2, 0) is 9.59 Å². The van der Waals surface area contributed by atoms with Gasteiger partial charge in [0.05, 0.1) is 12.5 Å². The zero-order valence-corrected chi connectivity index (χ0v) is 12.0. The van der Waals surface area contributed by atoms with Crippen molar-refractivity contribution in [3.8, 4) is 0 Å². The maximum absolute atomic E-state index is 11.8. The Kier molecular flexibility index (Phi) is 5.75. The van der Waals surface area contributed by atoms with Crippen molar-refractivity contribution in [2.75, 3.05) is 18.4 Å². The normalized spacial score (nSPS) is 21.7. The summed E-state index contributed by atoms with van der Waals surface area (Å²) in [5.41, 5.74) is 0.769. The maximum Gasteiger partial charge on any atom is 0.306 e. The first-order chi connectivity index (χ1) is 10.2. The number of benzene rings is 1. The van der Waals surface area contributed by atoms with Crippen LogP contribution in [0.15, 0.2) is 30.3 Å². The lowest BCUT2D eigenvalue weighted by molar-refractivity contribution is -0.144. The quantitative estimate of drug-likeness (QED) is 0.750. The Morgan fingerprint density at radius 3 is 2.57 bits per heavy atom. The molecule has 0 saturated heterocycles. The molecule has 0 aromatic heterocycles. The molecular weight excluding hydrogens is 268 g/mol. The lowest BCUT2D eigenvalue weighted by Gasteiger charge is -2.28. The molecule has 0 heterocycles. The molecule has 0 aliphatic heterocycles. The summed E-state index contributed by atoms with van der Waals surface area (Å²) in [4.78, 5) is 23.0. The predicted octanol–water partition coefficient (Wildman–Crippen LogP) is 2.11. The lowest BCUT2D eigenvalue weighted by Crippen LogP contribution is -2.37. The van der Waals surface area contributed by atoms with E-state index in [1.165, 1.54) is 0 Å². The van der Waals surface area contributed by atoms with E-state index in [4.69, 9.17) is 0 Å². The van der Waals surface area contributed by atoms with E-state index in [2.05, 4.69) is 10.6 Å². The van der Waals surface area contributed by atoms with Crippen LogP contribution in [-0.4, -0.2) is 30.1 Å². The number of hydrogen-bond acceptors (Lipinski definition) is 3. The first kappa shape index (κ1) is 15.5. The lowest BCUT2D eigenvalue weighted by atomic mass is 9.79. The van der Waals surface area contributed by atoms with Gasteiger partial charge < -0.3 is 15.7 Å². The van der Waals surface area contributed by atoms with Crippen molar-refractivity contribution in [3.63, 3.8) is 0 Å². The van der Waals surface area contributed by atoms with Gasteiger partial charge in [-0.2, -0.15) is 0 Å². The molecular formula is C16H22N2O3. The Balaban J connectivity index is 1.73. The minimum absolute atomic E-state index is 0.108. The van der Waals surface area contributed by atoms with Crippen molar-refractivity contribution in [1.29, 1.82) is 0 Å². The molecule has 1 aromatic carbocycles. The number of rotatable bonds is 6. The molecule has 1 aromatic rings. The van der Waals surface area contributed by atoms with Crippen LogP contribution < -0.4 is 10.6 Å². The summed E-state index contributed by atoms with van der Waals surface area (Å²) >= 11 is 0. The van der Waals surface area contributed by atoms with E-state index in [-0.39, 0.29) is 24.3 Å². The van der Waals surface area contributed by atoms with Gasteiger partial charge in [0.25, 0.3) is 0 Å². The van der Waals surface area contributed by atoms with E-state index >= 15 is 0 Å². The van der Waals surface area contributed by atoms with Gasteiger partial charge in [0.2, 0.25) is 5.91 Å². The fourth-order valence-electron chi connectivity index (χ4n) is 2.87. The Morgan fingerprint density at radius 1 is 1.14 bits per heavy atom. The number of anilines is 1. The van der Waals surface area contributed by atoms with Crippen LogP contribution in [0.1, 0.15) is 25.7 Å². The molecule has 5 nitrogen and oxygen atoms in total. The molecule has 0 bridgehead atoms. The Morgan fingerprint density at radius 2 is 1.86 bits per heavy atom. The first-order valence-electron chi connectivity index (χ1n) is 7.45. The van der Waals surface area contributed by atoms with Gasteiger partial charge in [0.1, 0.15) is 0 Å². The largest absolute Gasteiger partial charge is 0.481 e. The van der Waals surface area contributed by atoms with Gasteiger partial charge in [0, 0.05) is 5.69 Å². The molecule has 1 aliphatic rings. The number of para-hydroxylation sites is 1. The Bertz CT molecular complexity index is 476. The Labute approximate surface area is 124 Å². The number of carboxylic acids is 1. The zero-order valence-electron chi connectivity index (χ0n) is 12.0. The Hall–Kier alpha value is -1.88. The van der Waals surface area contributed by atoms with Gasteiger partial charge in [-0.15, -0.1) is 0 Å². The van der Waals surface area contributed by atoms with Gasteiger partial charge >= 0.3 is 5.97 Å². The SMILES string of the molecule is O=C(CNCC1CCCCC1C(=O)O)Nc1ccccc1. The molecule has 1 fully saturated rings. The second-order valence-electron chi connectivity index (χ2n) is 5.53. The van der Waals surface area contributed by atoms with Gasteiger partial charge in [0.15, 0.2) is 0 Å². The number of hydrogen-bond donors (Lipinski definition) is 3. The maximum atomic E-state index is 11.8. The van der Waals surface area contributed by atoms with Crippen LogP contribution in [0.5, 0.6) is 0 Å². The molecule has 2 rings (SSSR count). The highest BCUT2D eigenvalue weighted by Crippen LogP contribution is 2.29. The van der Waals surface area contributed by atoms with E-state index in [1.54, 1.807) is 0 Å². The molecule has 2 atom stereocenters. The van der Waals surface area contributed by atoms with Crippen molar-refractivity contribution in [2.45, 2.75) is 25.7 Å². The molecule has 3 N–H and O–H groups in total. The van der Waals surface area contributed by atoms with Crippen LogP contribution in [0.4, 0.5) is 5.69 Å². The standard InChI is InChI=1S/C16H22N2O3/c19-15(18-13-7-2-1-3-8-13)11-17-10-12-6-4-5-9-14(12)16(20)21/h1-3,7-8,12,14,17H,4-6,9-11H2,(H,18,19)(H,20,21). The molecule has 2 unspecified atom stereocenters. The number of carbonyl (C=O) groups is 2. The molecule has 114 valence electrons. The smallest absolute Gasteiger partial charge is 0.306 e. The molecule has 21 heavy (non-hydrogen) atoms. The summed E-state index contributed by atoms with van der Waals surface area (Å²) in [5, 5.41) is 15.1. The van der Waals surface area contributed by atoms with Crippen LogP contribution in [0.25, 0.3) is 0 Å². The number of amides is 1. The molecule has 1 aliphatic carbocycles. The van der Waals surface area contributed by atoms with Gasteiger partial charge in [-0.1, -0.05) is 31.0 Å². The molecule has 0 spiro atoms. The van der Waals surface area contributed by atoms with Crippen molar-refractivity contribution in [3.05, 3.63) is 30.3 Å². The van der Waals surface area contributed by atoms with E-state index in [0.29, 0.717) is 6.54 Å². The molecule has 5 heteroatoms. The number of aliphatic carboxylic acids is 1. The number of carboxylic acid groups (broad SMARTS) is 1. The second-order valence-corrected chi connectivity index (χ2v) is 5.53. The van der Waals surface area contributed by atoms with E-state index in [0.717, 1.165) is 31.4 Å². The average Bonchev–Trinajstić information content (AvgIpc) is 2.48. The summed E-state index contributed by atoms with van der Waals surface area (Å²) in [6.45, 7) is 0.789. The van der Waals surface area contributed by atoms with Crippen LogP contribution >= 0.6 is 0 Å². The summed E-state index contributed by atoms with van der Waals surface area (Å²) < 4.78 is 0. The van der Waals surface area contributed by atoms with Crippen LogP contribution in [0, 0.1) is 11.8 Å². The van der Waals surface area contributed by atoms with Crippen molar-refractivity contribution in [1.82, 2.24) is 5.32 Å². The van der Waals surface area contributed by atoms with Crippen molar-refractivity contribution in [2.24, 2.45) is 11.8 Å². The second kappa shape index (κ2) is 7.78. The highest BCUT2D eigenvalue weighted by molar-refractivity contribution is 5.92. The number of nitrogens with one attached hydrogen (secondary N) is 2. The van der Waals surface area contributed by atoms with E-state index in [9.17, 15) is 14.7 Å². The fourth-order valence-corrected chi connectivity index (χ4v) is 2.87. The summed E-state index contributed by atoms with van der Waals surface area (Å²) in [6, 6.07) is 9.28. The van der Waals surface area contributed by atoms with Gasteiger partial charge in [-0.05, 0) is 37.4 Å². The minimum atomic E-state index is -0.713. The van der Waals surface area contributed by atoms with Crippen molar-refractivity contribution >= 4 is 17.6 Å². The minimum Gasteiger partial charge on any atom is -0.481 e. The summed E-state index contributed by atoms with van der Waals surface area (Å²) in [7, 11) is 0. The van der Waals surface area contributed by atoms with Gasteiger partial charge in [-0.3, -0.25) is 9.59 Å². The third kappa shape index (κ3) is 4.86. The monoisotopic (exact) mass is 290 g/mol. The predicted molar refractivity (Wildman–Crippen MR) is 81.0 cm³/mol. The summed E-state index contributed by atoms with van der Waals surface area (Å²) in [5.74, 6) is -0.969.